The fourth-order valence-electron chi connectivity index (χ4n) is 2.73. The molecule has 0 unspecified atom stereocenters. The Morgan fingerprint density at radius 2 is 1.91 bits per heavy atom. The molecule has 0 radical (unpaired) electrons. The summed E-state index contributed by atoms with van der Waals surface area (Å²) in [5, 5.41) is 15.9. The van der Waals surface area contributed by atoms with E-state index < -0.39 is 17.7 Å². The van der Waals surface area contributed by atoms with E-state index in [1.54, 1.807) is 25.3 Å². The van der Waals surface area contributed by atoms with Crippen molar-refractivity contribution >= 4 is 57.5 Å². The number of fused-ring (bicyclic) bond motifs is 1. The maximum Gasteiger partial charge on any atom is 0.414 e. The first kappa shape index (κ1) is 23.8. The van der Waals surface area contributed by atoms with E-state index in [1.165, 1.54) is 12.1 Å². The third-order valence-electron chi connectivity index (χ3n) is 4.26. The number of alkyl carbamates (subject to hydrolysis) is 1. The fraction of sp³-hybridized carbons (Fsp3) is 0.136. The number of aromatic nitrogens is 1. The van der Waals surface area contributed by atoms with Crippen molar-refractivity contribution in [3.63, 3.8) is 0 Å². The number of imide groups is 1. The number of carbonyl (C=O) groups excluding carboxylic acids is 2. The SMILES string of the molecule is CCOC(=O)NC(=O)/C(C#N)=N/Nc1cc(Cl)c(Oc2ccc3nccc(C)c3c2)c(Cl)c1. The molecule has 0 saturated heterocycles. The van der Waals surface area contributed by atoms with Crippen LogP contribution in [0.3, 0.4) is 0 Å². The molecule has 0 aliphatic rings. The normalized spacial score (nSPS) is 10.9. The molecule has 3 aromatic rings. The van der Waals surface area contributed by atoms with Gasteiger partial charge in [0.15, 0.2) is 5.75 Å². The van der Waals surface area contributed by atoms with Crippen molar-refractivity contribution in [2.45, 2.75) is 13.8 Å². The topological polar surface area (TPSA) is 126 Å². The molecule has 0 aliphatic heterocycles. The molecule has 1 heterocycles. The van der Waals surface area contributed by atoms with Gasteiger partial charge in [0.05, 0.1) is 27.9 Å². The molecule has 0 spiro atoms. The molecular formula is C22H17Cl2N5O4. The van der Waals surface area contributed by atoms with Crippen LogP contribution in [0.25, 0.3) is 10.9 Å². The molecule has 168 valence electrons. The predicted octanol–water partition coefficient (Wildman–Crippen LogP) is 5.21. The van der Waals surface area contributed by atoms with E-state index in [0.717, 1.165) is 16.5 Å². The zero-order chi connectivity index (χ0) is 24.0. The number of nitrogens with one attached hydrogen (secondary N) is 2. The number of rotatable bonds is 6. The number of benzene rings is 2. The summed E-state index contributed by atoms with van der Waals surface area (Å²) in [5.74, 6) is -0.292. The van der Waals surface area contributed by atoms with Crippen molar-refractivity contribution in [2.24, 2.45) is 5.10 Å². The van der Waals surface area contributed by atoms with Crippen LogP contribution in [0.1, 0.15) is 12.5 Å². The predicted molar refractivity (Wildman–Crippen MR) is 125 cm³/mol. The highest BCUT2D eigenvalue weighted by Crippen LogP contribution is 2.39. The zero-order valence-electron chi connectivity index (χ0n) is 17.5. The van der Waals surface area contributed by atoms with E-state index in [4.69, 9.17) is 33.2 Å². The number of hydrogen-bond acceptors (Lipinski definition) is 8. The first-order chi connectivity index (χ1) is 15.8. The number of pyridine rings is 1. The second-order valence-corrected chi connectivity index (χ2v) is 7.35. The van der Waals surface area contributed by atoms with E-state index in [2.05, 4.69) is 20.2 Å². The lowest BCUT2D eigenvalue weighted by atomic mass is 10.1. The summed E-state index contributed by atoms with van der Waals surface area (Å²) in [5.41, 5.74) is 4.06. The van der Waals surface area contributed by atoms with Gasteiger partial charge in [-0.05, 0) is 55.8 Å². The van der Waals surface area contributed by atoms with Gasteiger partial charge in [-0.1, -0.05) is 23.2 Å². The van der Waals surface area contributed by atoms with Gasteiger partial charge in [0, 0.05) is 11.6 Å². The van der Waals surface area contributed by atoms with Crippen LogP contribution in [0.5, 0.6) is 11.5 Å². The van der Waals surface area contributed by atoms with Crippen molar-refractivity contribution in [2.75, 3.05) is 12.0 Å². The highest BCUT2D eigenvalue weighted by Gasteiger charge is 2.16. The van der Waals surface area contributed by atoms with E-state index in [9.17, 15) is 9.59 Å². The fourth-order valence-corrected chi connectivity index (χ4v) is 3.30. The second-order valence-electron chi connectivity index (χ2n) is 6.54. The number of aryl methyl sites for hydroxylation is 1. The lowest BCUT2D eigenvalue weighted by Crippen LogP contribution is -2.36. The molecule has 3 rings (SSSR count). The van der Waals surface area contributed by atoms with Gasteiger partial charge >= 0.3 is 6.09 Å². The summed E-state index contributed by atoms with van der Waals surface area (Å²) in [6.07, 6.45) is 0.746. The molecule has 2 N–H and O–H groups in total. The Bertz CT molecular complexity index is 1280. The quantitative estimate of drug-likeness (QED) is 0.362. The summed E-state index contributed by atoms with van der Waals surface area (Å²) >= 11 is 12.7. The standard InChI is InChI=1S/C22H17Cl2N5O4/c1-3-32-22(31)27-21(30)19(11-25)29-28-13-8-16(23)20(17(24)9-13)33-14-4-5-18-15(10-14)12(2)6-7-26-18/h4-10,28H,3H2,1-2H3,(H,27,30,31)/b29-19+. The van der Waals surface area contributed by atoms with Gasteiger partial charge in [0.25, 0.3) is 5.91 Å². The number of nitrogens with zero attached hydrogens (tertiary/aromatic N) is 3. The molecule has 9 nitrogen and oxygen atoms in total. The highest BCUT2D eigenvalue weighted by molar-refractivity contribution is 6.47. The van der Waals surface area contributed by atoms with Crippen LogP contribution in [0.4, 0.5) is 10.5 Å². The Hall–Kier alpha value is -3.87. The van der Waals surface area contributed by atoms with Crippen LogP contribution in [-0.4, -0.2) is 29.3 Å². The van der Waals surface area contributed by atoms with E-state index in [-0.39, 0.29) is 28.1 Å². The Morgan fingerprint density at radius 1 is 1.18 bits per heavy atom. The number of ether oxygens (including phenoxy) is 2. The van der Waals surface area contributed by atoms with Crippen LogP contribution in [-0.2, 0) is 9.53 Å². The maximum atomic E-state index is 11.9. The van der Waals surface area contributed by atoms with Gasteiger partial charge in [-0.2, -0.15) is 10.4 Å². The van der Waals surface area contributed by atoms with Crippen LogP contribution in [0, 0.1) is 18.3 Å². The molecule has 1 aromatic heterocycles. The lowest BCUT2D eigenvalue weighted by molar-refractivity contribution is -0.114. The largest absolute Gasteiger partial charge is 0.454 e. The van der Waals surface area contributed by atoms with Gasteiger partial charge in [0.2, 0.25) is 5.71 Å². The van der Waals surface area contributed by atoms with Crippen LogP contribution >= 0.6 is 23.2 Å². The van der Waals surface area contributed by atoms with Gasteiger partial charge in [0.1, 0.15) is 11.8 Å². The number of halogens is 2. The first-order valence-electron chi connectivity index (χ1n) is 9.56. The summed E-state index contributed by atoms with van der Waals surface area (Å²) in [7, 11) is 0. The molecule has 0 bridgehead atoms. The van der Waals surface area contributed by atoms with Crippen molar-refractivity contribution < 1.29 is 19.1 Å². The van der Waals surface area contributed by atoms with Crippen LogP contribution in [0.2, 0.25) is 10.0 Å². The minimum absolute atomic E-state index is 0.0670. The number of amides is 2. The number of hydrogen-bond donors (Lipinski definition) is 2. The van der Waals surface area contributed by atoms with Gasteiger partial charge in [-0.15, -0.1) is 0 Å². The van der Waals surface area contributed by atoms with E-state index in [1.807, 2.05) is 30.4 Å². The summed E-state index contributed by atoms with van der Waals surface area (Å²) in [6.45, 7) is 3.61. The molecule has 11 heteroatoms. The Kier molecular flexibility index (Phi) is 7.66. The minimum Gasteiger partial charge on any atom is -0.454 e. The molecule has 0 atom stereocenters. The molecule has 0 aliphatic carbocycles. The molecule has 0 saturated carbocycles. The third-order valence-corrected chi connectivity index (χ3v) is 4.82. The molecule has 2 amide bonds. The van der Waals surface area contributed by atoms with Crippen molar-refractivity contribution in [1.29, 1.82) is 5.26 Å². The zero-order valence-corrected chi connectivity index (χ0v) is 19.0. The number of anilines is 1. The third kappa shape index (κ3) is 5.88. The van der Waals surface area contributed by atoms with Crippen LogP contribution in [0.15, 0.2) is 47.7 Å². The smallest absolute Gasteiger partial charge is 0.414 e. The average Bonchev–Trinajstić information content (AvgIpc) is 2.77. The van der Waals surface area contributed by atoms with Gasteiger partial charge in [-0.25, -0.2) is 4.79 Å². The molecule has 2 aromatic carbocycles. The Morgan fingerprint density at radius 3 is 2.58 bits per heavy atom. The van der Waals surface area contributed by atoms with Crippen LogP contribution < -0.4 is 15.5 Å². The van der Waals surface area contributed by atoms with Crippen molar-refractivity contribution in [3.8, 4) is 17.6 Å². The molecule has 0 fully saturated rings. The maximum absolute atomic E-state index is 11.9. The minimum atomic E-state index is -1.03. The van der Waals surface area contributed by atoms with Gasteiger partial charge < -0.3 is 9.47 Å². The summed E-state index contributed by atoms with van der Waals surface area (Å²) in [4.78, 5) is 27.5. The number of hydrazone groups is 1. The number of carbonyl (C=O) groups is 2. The lowest BCUT2D eigenvalue weighted by Gasteiger charge is -2.12. The van der Waals surface area contributed by atoms with Crippen molar-refractivity contribution in [3.05, 3.63) is 58.2 Å². The first-order valence-corrected chi connectivity index (χ1v) is 10.3. The van der Waals surface area contributed by atoms with Gasteiger partial charge in [-0.3, -0.25) is 20.5 Å². The summed E-state index contributed by atoms with van der Waals surface area (Å²) in [6, 6.07) is 11.8. The van der Waals surface area contributed by atoms with Crippen molar-refractivity contribution in [1.82, 2.24) is 10.3 Å². The second kappa shape index (κ2) is 10.6. The molecular weight excluding hydrogens is 469 g/mol. The average molecular weight is 486 g/mol. The molecule has 33 heavy (non-hydrogen) atoms. The number of nitriles is 1. The Labute approximate surface area is 198 Å². The van der Waals surface area contributed by atoms with E-state index in [0.29, 0.717) is 5.75 Å². The summed E-state index contributed by atoms with van der Waals surface area (Å²) < 4.78 is 10.5. The Balaban J connectivity index is 1.78. The van der Waals surface area contributed by atoms with E-state index >= 15 is 0 Å². The highest BCUT2D eigenvalue weighted by atomic mass is 35.5. The monoisotopic (exact) mass is 485 g/mol.